The predicted octanol–water partition coefficient (Wildman–Crippen LogP) is 4.50. The second-order valence-corrected chi connectivity index (χ2v) is 7.31. The van der Waals surface area contributed by atoms with Gasteiger partial charge in [-0.25, -0.2) is 4.79 Å². The molecule has 0 radical (unpaired) electrons. The predicted molar refractivity (Wildman–Crippen MR) is 106 cm³/mol. The average molecular weight is 386 g/mol. The van der Waals surface area contributed by atoms with Crippen LogP contribution in [0.5, 0.6) is 0 Å². The SMILES string of the molecule is O=C1N=C2/C(=C/c3ccc(Cl)cc3)CNCC2C(c2ccc(Cl)cc2)N1. The molecule has 2 aliphatic heterocycles. The Morgan fingerprint density at radius 3 is 2.35 bits per heavy atom. The molecule has 0 aliphatic carbocycles. The Balaban J connectivity index is 1.69. The molecule has 1 saturated heterocycles. The first-order valence-corrected chi connectivity index (χ1v) is 9.17. The molecule has 2 aliphatic rings. The van der Waals surface area contributed by atoms with Crippen molar-refractivity contribution in [1.82, 2.24) is 10.6 Å². The molecule has 2 aromatic carbocycles. The second-order valence-electron chi connectivity index (χ2n) is 6.43. The Morgan fingerprint density at radius 1 is 1.00 bits per heavy atom. The zero-order valence-corrected chi connectivity index (χ0v) is 15.4. The van der Waals surface area contributed by atoms with E-state index >= 15 is 0 Å². The van der Waals surface area contributed by atoms with Crippen molar-refractivity contribution in [1.29, 1.82) is 0 Å². The van der Waals surface area contributed by atoms with Gasteiger partial charge in [0.25, 0.3) is 0 Å². The molecule has 2 heterocycles. The fourth-order valence-corrected chi connectivity index (χ4v) is 3.72. The van der Waals surface area contributed by atoms with Crippen molar-refractivity contribution in [3.05, 3.63) is 75.3 Å². The van der Waals surface area contributed by atoms with Crippen LogP contribution in [-0.2, 0) is 0 Å². The van der Waals surface area contributed by atoms with E-state index in [4.69, 9.17) is 23.2 Å². The van der Waals surface area contributed by atoms with E-state index in [1.54, 1.807) is 0 Å². The summed E-state index contributed by atoms with van der Waals surface area (Å²) in [6.07, 6.45) is 2.06. The van der Waals surface area contributed by atoms with E-state index in [0.717, 1.165) is 29.0 Å². The van der Waals surface area contributed by atoms with Gasteiger partial charge in [-0.15, -0.1) is 0 Å². The minimum atomic E-state index is -0.305. The van der Waals surface area contributed by atoms with Crippen molar-refractivity contribution in [2.24, 2.45) is 10.9 Å². The number of carbonyl (C=O) groups excluding carboxylic acids is 1. The van der Waals surface area contributed by atoms with E-state index < -0.39 is 0 Å². The highest BCUT2D eigenvalue weighted by Gasteiger charge is 2.37. The third-order valence-corrected chi connectivity index (χ3v) is 5.21. The first-order chi connectivity index (χ1) is 12.6. The summed E-state index contributed by atoms with van der Waals surface area (Å²) >= 11 is 12.0. The monoisotopic (exact) mass is 385 g/mol. The number of piperidine rings is 1. The van der Waals surface area contributed by atoms with Crippen molar-refractivity contribution in [2.75, 3.05) is 13.1 Å². The van der Waals surface area contributed by atoms with E-state index in [1.807, 2.05) is 48.5 Å². The van der Waals surface area contributed by atoms with Crippen LogP contribution in [0.1, 0.15) is 17.2 Å². The molecule has 2 aromatic rings. The quantitative estimate of drug-likeness (QED) is 0.799. The van der Waals surface area contributed by atoms with Crippen LogP contribution >= 0.6 is 23.2 Å². The molecule has 4 rings (SSSR count). The molecule has 0 bridgehead atoms. The average Bonchev–Trinajstić information content (AvgIpc) is 2.64. The van der Waals surface area contributed by atoms with Crippen LogP contribution < -0.4 is 10.6 Å². The van der Waals surface area contributed by atoms with Gasteiger partial charge in [0.15, 0.2) is 0 Å². The van der Waals surface area contributed by atoms with Crippen LogP contribution in [0.4, 0.5) is 4.79 Å². The van der Waals surface area contributed by atoms with Gasteiger partial charge in [-0.1, -0.05) is 47.5 Å². The van der Waals surface area contributed by atoms with Gasteiger partial charge < -0.3 is 10.6 Å². The van der Waals surface area contributed by atoms with E-state index in [2.05, 4.69) is 21.7 Å². The van der Waals surface area contributed by atoms with Gasteiger partial charge in [-0.2, -0.15) is 4.99 Å². The lowest BCUT2D eigenvalue weighted by molar-refractivity contribution is 0.239. The Morgan fingerprint density at radius 2 is 1.65 bits per heavy atom. The lowest BCUT2D eigenvalue weighted by Gasteiger charge is -2.37. The van der Waals surface area contributed by atoms with Crippen molar-refractivity contribution in [2.45, 2.75) is 6.04 Å². The van der Waals surface area contributed by atoms with Crippen LogP contribution in [0, 0.1) is 5.92 Å². The Bertz CT molecular complexity index is 888. The number of carbonyl (C=O) groups is 1. The number of amides is 2. The fraction of sp³-hybridized carbons (Fsp3) is 0.200. The maximum atomic E-state index is 12.2. The molecule has 2 amide bonds. The Kier molecular flexibility index (Phi) is 4.81. The van der Waals surface area contributed by atoms with E-state index in [0.29, 0.717) is 16.6 Å². The van der Waals surface area contributed by atoms with Gasteiger partial charge in [0.05, 0.1) is 11.8 Å². The highest BCUT2D eigenvalue weighted by molar-refractivity contribution is 6.30. The van der Waals surface area contributed by atoms with Crippen LogP contribution in [0.3, 0.4) is 0 Å². The molecule has 2 unspecified atom stereocenters. The van der Waals surface area contributed by atoms with Gasteiger partial charge >= 0.3 is 6.03 Å². The van der Waals surface area contributed by atoms with Crippen LogP contribution in [0.2, 0.25) is 10.0 Å². The summed E-state index contributed by atoms with van der Waals surface area (Å²) in [5.41, 5.74) is 3.93. The van der Waals surface area contributed by atoms with Gasteiger partial charge in [-0.05, 0) is 47.0 Å². The number of aliphatic imine (C=N–C) groups is 1. The topological polar surface area (TPSA) is 53.5 Å². The number of fused-ring (bicyclic) bond motifs is 1. The van der Waals surface area contributed by atoms with Gasteiger partial charge in [-0.3, -0.25) is 0 Å². The molecule has 2 N–H and O–H groups in total. The molecule has 1 fully saturated rings. The molecule has 0 saturated carbocycles. The van der Waals surface area contributed by atoms with Crippen molar-refractivity contribution < 1.29 is 4.79 Å². The molecule has 0 spiro atoms. The lowest BCUT2D eigenvalue weighted by atomic mass is 9.82. The van der Waals surface area contributed by atoms with Crippen LogP contribution in [-0.4, -0.2) is 24.8 Å². The smallest absolute Gasteiger partial charge is 0.329 e. The number of urea groups is 1. The summed E-state index contributed by atoms with van der Waals surface area (Å²) in [7, 11) is 0. The maximum absolute atomic E-state index is 12.2. The Hall–Kier alpha value is -2.14. The molecule has 6 heteroatoms. The standard InChI is InChI=1S/C20H17Cl2N3O/c21-15-5-1-12(2-6-15)9-14-10-23-11-17-18(24-20(26)25-19(14)17)13-3-7-16(22)8-4-13/h1-9,17-18,23H,10-11H2,(H,24,26)/b14-9+. The molecule has 4 nitrogen and oxygen atoms in total. The second kappa shape index (κ2) is 7.23. The summed E-state index contributed by atoms with van der Waals surface area (Å²) in [6.45, 7) is 1.43. The maximum Gasteiger partial charge on any atom is 0.341 e. The van der Waals surface area contributed by atoms with E-state index in [-0.39, 0.29) is 18.0 Å². The first-order valence-electron chi connectivity index (χ1n) is 8.42. The molecule has 132 valence electrons. The number of hydrogen-bond acceptors (Lipinski definition) is 2. The normalized spacial score (nSPS) is 24.0. The molecule has 0 aromatic heterocycles. The fourth-order valence-electron chi connectivity index (χ4n) is 3.46. The summed E-state index contributed by atoms with van der Waals surface area (Å²) in [5.74, 6) is 0.0705. The molecular formula is C20H17Cl2N3O. The van der Waals surface area contributed by atoms with Crippen molar-refractivity contribution in [3.63, 3.8) is 0 Å². The third-order valence-electron chi connectivity index (χ3n) is 4.70. The zero-order chi connectivity index (χ0) is 18.1. The van der Waals surface area contributed by atoms with E-state index in [1.165, 1.54) is 0 Å². The summed E-state index contributed by atoms with van der Waals surface area (Å²) < 4.78 is 0. The van der Waals surface area contributed by atoms with Crippen LogP contribution in [0.25, 0.3) is 6.08 Å². The number of halogens is 2. The highest BCUT2D eigenvalue weighted by Crippen LogP contribution is 2.32. The first kappa shape index (κ1) is 17.3. The van der Waals surface area contributed by atoms with Gasteiger partial charge in [0, 0.05) is 29.1 Å². The van der Waals surface area contributed by atoms with Gasteiger partial charge in [0.2, 0.25) is 0 Å². The van der Waals surface area contributed by atoms with Gasteiger partial charge in [0.1, 0.15) is 0 Å². The summed E-state index contributed by atoms with van der Waals surface area (Å²) in [5, 5.41) is 7.80. The zero-order valence-electron chi connectivity index (χ0n) is 13.9. The summed E-state index contributed by atoms with van der Waals surface area (Å²) in [6, 6.07) is 14.8. The van der Waals surface area contributed by atoms with Crippen LogP contribution in [0.15, 0.2) is 59.1 Å². The molecular weight excluding hydrogens is 369 g/mol. The number of rotatable bonds is 2. The summed E-state index contributed by atoms with van der Waals surface area (Å²) in [4.78, 5) is 16.5. The van der Waals surface area contributed by atoms with Crippen molar-refractivity contribution >= 4 is 41.0 Å². The minimum absolute atomic E-state index is 0.0705. The number of nitrogens with one attached hydrogen (secondary N) is 2. The molecule has 26 heavy (non-hydrogen) atoms. The largest absolute Gasteiger partial charge is 0.341 e. The number of hydrogen-bond donors (Lipinski definition) is 2. The van der Waals surface area contributed by atoms with Crippen molar-refractivity contribution in [3.8, 4) is 0 Å². The minimum Gasteiger partial charge on any atom is -0.329 e. The highest BCUT2D eigenvalue weighted by atomic mass is 35.5. The van der Waals surface area contributed by atoms with E-state index in [9.17, 15) is 4.79 Å². The molecule has 2 atom stereocenters. The number of nitrogens with zero attached hydrogens (tertiary/aromatic N) is 1. The number of benzene rings is 2. The Labute approximate surface area is 161 Å². The lowest BCUT2D eigenvalue weighted by Crippen LogP contribution is -2.50. The third kappa shape index (κ3) is 3.54.